The first kappa shape index (κ1) is 13.2. The quantitative estimate of drug-likeness (QED) is 0.778. The summed E-state index contributed by atoms with van der Waals surface area (Å²) in [6.45, 7) is 0.844. The molecule has 6 nitrogen and oxygen atoms in total. The molecule has 2 aromatic rings. The van der Waals surface area contributed by atoms with E-state index < -0.39 is 0 Å². The van der Waals surface area contributed by atoms with E-state index in [1.165, 1.54) is 10.8 Å². The average molecular weight is 261 g/mol. The van der Waals surface area contributed by atoms with Gasteiger partial charge in [-0.3, -0.25) is 14.2 Å². The largest absolute Gasteiger partial charge is 0.383 e. The average Bonchev–Trinajstić information content (AvgIpc) is 2.42. The van der Waals surface area contributed by atoms with Crippen molar-refractivity contribution in [2.45, 2.75) is 6.54 Å². The predicted molar refractivity (Wildman–Crippen MR) is 70.9 cm³/mol. The number of aromatic nitrogens is 2. The number of methoxy groups -OCH3 is 1. The molecule has 100 valence electrons. The highest BCUT2D eigenvalue weighted by Crippen LogP contribution is 2.07. The number of amides is 1. The highest BCUT2D eigenvalue weighted by Gasteiger charge is 2.08. The number of carbonyl (C=O) groups excluding carboxylic acids is 1. The number of benzene rings is 1. The maximum absolute atomic E-state index is 11.8. The van der Waals surface area contributed by atoms with Gasteiger partial charge in [0.2, 0.25) is 5.91 Å². The van der Waals surface area contributed by atoms with Gasteiger partial charge in [-0.05, 0) is 12.1 Å². The molecule has 0 aliphatic carbocycles. The molecule has 1 N–H and O–H groups in total. The number of nitrogens with one attached hydrogen (secondary N) is 1. The van der Waals surface area contributed by atoms with E-state index in [4.69, 9.17) is 4.74 Å². The molecule has 0 aliphatic heterocycles. The lowest BCUT2D eigenvalue weighted by atomic mass is 10.3. The third-order valence-corrected chi connectivity index (χ3v) is 2.68. The monoisotopic (exact) mass is 261 g/mol. The number of hydrogen-bond donors (Lipinski definition) is 1. The zero-order valence-corrected chi connectivity index (χ0v) is 10.6. The van der Waals surface area contributed by atoms with E-state index in [1.54, 1.807) is 19.2 Å². The van der Waals surface area contributed by atoms with Gasteiger partial charge in [-0.1, -0.05) is 12.1 Å². The lowest BCUT2D eigenvalue weighted by Crippen LogP contribution is -2.34. The highest BCUT2D eigenvalue weighted by atomic mass is 16.5. The molecule has 0 spiro atoms. The first-order chi connectivity index (χ1) is 9.22. The summed E-state index contributed by atoms with van der Waals surface area (Å²) in [4.78, 5) is 27.6. The molecule has 6 heteroatoms. The van der Waals surface area contributed by atoms with Gasteiger partial charge in [-0.25, -0.2) is 4.98 Å². The van der Waals surface area contributed by atoms with Crippen LogP contribution in [0.4, 0.5) is 0 Å². The van der Waals surface area contributed by atoms with Crippen molar-refractivity contribution in [2.24, 2.45) is 0 Å². The van der Waals surface area contributed by atoms with Gasteiger partial charge in [0.25, 0.3) is 5.56 Å². The van der Waals surface area contributed by atoms with Crippen LogP contribution in [-0.2, 0) is 16.1 Å². The van der Waals surface area contributed by atoms with Gasteiger partial charge in [0.05, 0.1) is 23.8 Å². The Hall–Kier alpha value is -2.21. The van der Waals surface area contributed by atoms with Crippen molar-refractivity contribution in [3.8, 4) is 0 Å². The second-order valence-electron chi connectivity index (χ2n) is 4.01. The Balaban J connectivity index is 2.22. The van der Waals surface area contributed by atoms with Crippen molar-refractivity contribution in [3.05, 3.63) is 40.8 Å². The summed E-state index contributed by atoms with van der Waals surface area (Å²) < 4.78 is 6.25. The van der Waals surface area contributed by atoms with Crippen LogP contribution >= 0.6 is 0 Å². The van der Waals surface area contributed by atoms with Crippen LogP contribution in [0.25, 0.3) is 11.0 Å². The molecule has 0 saturated carbocycles. The normalized spacial score (nSPS) is 10.6. The molecular formula is C13H15N3O3. The van der Waals surface area contributed by atoms with Gasteiger partial charge < -0.3 is 10.1 Å². The third kappa shape index (κ3) is 3.17. The summed E-state index contributed by atoms with van der Waals surface area (Å²) in [5.41, 5.74) is 1.05. The number of hydrogen-bond acceptors (Lipinski definition) is 4. The Morgan fingerprint density at radius 2 is 2.21 bits per heavy atom. The standard InChI is InChI=1S/C13H15N3O3/c1-19-7-6-14-12(17)9-16-11-5-3-2-4-10(11)15-8-13(16)18/h2-5,8H,6-7,9H2,1H3,(H,14,17). The summed E-state index contributed by atoms with van der Waals surface area (Å²) >= 11 is 0. The van der Waals surface area contributed by atoms with Crippen molar-refractivity contribution in [2.75, 3.05) is 20.3 Å². The molecule has 0 bridgehead atoms. The number of fused-ring (bicyclic) bond motifs is 1. The third-order valence-electron chi connectivity index (χ3n) is 2.68. The Morgan fingerprint density at radius 1 is 1.42 bits per heavy atom. The van der Waals surface area contributed by atoms with Crippen LogP contribution in [0.2, 0.25) is 0 Å². The van der Waals surface area contributed by atoms with Crippen molar-refractivity contribution in [3.63, 3.8) is 0 Å². The minimum Gasteiger partial charge on any atom is -0.383 e. The maximum atomic E-state index is 11.8. The minimum absolute atomic E-state index is 0.0222. The molecule has 0 atom stereocenters. The van der Waals surface area contributed by atoms with Crippen molar-refractivity contribution in [1.82, 2.24) is 14.9 Å². The van der Waals surface area contributed by atoms with E-state index in [0.717, 1.165) is 0 Å². The van der Waals surface area contributed by atoms with Crippen molar-refractivity contribution >= 4 is 16.9 Å². The molecule has 0 saturated heterocycles. The fourth-order valence-electron chi connectivity index (χ4n) is 1.77. The Bertz CT molecular complexity index is 636. The van der Waals surface area contributed by atoms with Gasteiger partial charge in [0.15, 0.2) is 0 Å². The van der Waals surface area contributed by atoms with Crippen LogP contribution < -0.4 is 10.9 Å². The Kier molecular flexibility index (Phi) is 4.25. The van der Waals surface area contributed by atoms with Crippen LogP contribution in [0.5, 0.6) is 0 Å². The highest BCUT2D eigenvalue weighted by molar-refractivity contribution is 5.79. The molecule has 1 aromatic carbocycles. The molecule has 0 fully saturated rings. The number of nitrogens with zero attached hydrogens (tertiary/aromatic N) is 2. The second-order valence-corrected chi connectivity index (χ2v) is 4.01. The van der Waals surface area contributed by atoms with Gasteiger partial charge in [-0.15, -0.1) is 0 Å². The smallest absolute Gasteiger partial charge is 0.269 e. The van der Waals surface area contributed by atoms with Gasteiger partial charge in [0, 0.05) is 13.7 Å². The van der Waals surface area contributed by atoms with Crippen LogP contribution in [-0.4, -0.2) is 35.7 Å². The van der Waals surface area contributed by atoms with E-state index in [9.17, 15) is 9.59 Å². The summed E-state index contributed by atoms with van der Waals surface area (Å²) in [5.74, 6) is -0.226. The zero-order valence-electron chi connectivity index (χ0n) is 10.6. The van der Waals surface area contributed by atoms with E-state index in [0.29, 0.717) is 24.2 Å². The minimum atomic E-state index is -0.291. The summed E-state index contributed by atoms with van der Waals surface area (Å²) in [5, 5.41) is 2.68. The molecular weight excluding hydrogens is 246 g/mol. The predicted octanol–water partition coefficient (Wildman–Crippen LogP) is 0.159. The molecule has 0 radical (unpaired) electrons. The van der Waals surface area contributed by atoms with E-state index in [-0.39, 0.29) is 18.0 Å². The number of para-hydroxylation sites is 2. The Morgan fingerprint density at radius 3 is 3.00 bits per heavy atom. The van der Waals surface area contributed by atoms with Gasteiger partial charge >= 0.3 is 0 Å². The lowest BCUT2D eigenvalue weighted by Gasteiger charge is -2.09. The molecule has 2 rings (SSSR count). The lowest BCUT2D eigenvalue weighted by molar-refractivity contribution is -0.121. The SMILES string of the molecule is COCCNC(=O)Cn1c(=O)cnc2ccccc21. The Labute approximate surface area is 110 Å². The summed E-state index contributed by atoms with van der Waals surface area (Å²) in [6, 6.07) is 7.21. The van der Waals surface area contributed by atoms with Crippen molar-refractivity contribution in [1.29, 1.82) is 0 Å². The topological polar surface area (TPSA) is 73.2 Å². The van der Waals surface area contributed by atoms with Crippen molar-refractivity contribution < 1.29 is 9.53 Å². The maximum Gasteiger partial charge on any atom is 0.269 e. The van der Waals surface area contributed by atoms with E-state index >= 15 is 0 Å². The molecule has 0 unspecified atom stereocenters. The molecule has 0 aliphatic rings. The van der Waals surface area contributed by atoms with Crippen LogP contribution in [0.15, 0.2) is 35.3 Å². The zero-order chi connectivity index (χ0) is 13.7. The summed E-state index contributed by atoms with van der Waals surface area (Å²) in [6.07, 6.45) is 1.23. The fraction of sp³-hybridized carbons (Fsp3) is 0.308. The number of ether oxygens (including phenoxy) is 1. The van der Waals surface area contributed by atoms with Crippen LogP contribution in [0.3, 0.4) is 0 Å². The summed E-state index contributed by atoms with van der Waals surface area (Å²) in [7, 11) is 1.56. The first-order valence-electron chi connectivity index (χ1n) is 5.92. The molecule has 1 heterocycles. The first-order valence-corrected chi connectivity index (χ1v) is 5.92. The van der Waals surface area contributed by atoms with E-state index in [1.807, 2.05) is 12.1 Å². The molecule has 19 heavy (non-hydrogen) atoms. The number of rotatable bonds is 5. The van der Waals surface area contributed by atoms with Gasteiger partial charge in [0.1, 0.15) is 6.54 Å². The molecule has 1 aromatic heterocycles. The van der Waals surface area contributed by atoms with E-state index in [2.05, 4.69) is 10.3 Å². The molecule has 1 amide bonds. The fourth-order valence-corrected chi connectivity index (χ4v) is 1.77. The second kappa shape index (κ2) is 6.10. The number of carbonyl (C=O) groups is 1. The van der Waals surface area contributed by atoms with Crippen LogP contribution in [0, 0.1) is 0 Å². The van der Waals surface area contributed by atoms with Gasteiger partial charge in [-0.2, -0.15) is 0 Å². The van der Waals surface area contributed by atoms with Crippen LogP contribution in [0.1, 0.15) is 0 Å².